The van der Waals surface area contributed by atoms with Gasteiger partial charge >= 0.3 is 5.97 Å². The van der Waals surface area contributed by atoms with Crippen LogP contribution in [0.25, 0.3) is 0 Å². The first-order chi connectivity index (χ1) is 9.70. The molecule has 1 saturated carbocycles. The third-order valence-electron chi connectivity index (χ3n) is 4.07. The Morgan fingerprint density at radius 2 is 2.15 bits per heavy atom. The van der Waals surface area contributed by atoms with Crippen LogP contribution < -0.4 is 5.32 Å². The van der Waals surface area contributed by atoms with Crippen LogP contribution in [0, 0.1) is 0 Å². The lowest BCUT2D eigenvalue weighted by atomic mass is 9.93. The van der Waals surface area contributed by atoms with Crippen LogP contribution in [0.15, 0.2) is 30.3 Å². The van der Waals surface area contributed by atoms with Crippen molar-refractivity contribution in [2.45, 2.75) is 42.9 Å². The van der Waals surface area contributed by atoms with Gasteiger partial charge in [-0.05, 0) is 31.1 Å². The van der Waals surface area contributed by atoms with Gasteiger partial charge in [0.15, 0.2) is 0 Å². The van der Waals surface area contributed by atoms with Crippen LogP contribution in [0.4, 0.5) is 0 Å². The molecule has 1 fully saturated rings. The van der Waals surface area contributed by atoms with Crippen LogP contribution in [-0.4, -0.2) is 35.2 Å². The zero-order valence-corrected chi connectivity index (χ0v) is 12.7. The number of benzene rings is 1. The van der Waals surface area contributed by atoms with Crippen molar-refractivity contribution in [1.29, 1.82) is 0 Å². The Bertz CT molecular complexity index is 424. The van der Waals surface area contributed by atoms with Gasteiger partial charge in [0.05, 0.1) is 5.92 Å². The zero-order chi connectivity index (χ0) is 14.4. The maximum atomic E-state index is 11.4. The smallest absolute Gasteiger partial charge is 0.312 e. The molecule has 3 atom stereocenters. The molecule has 4 heteroatoms. The summed E-state index contributed by atoms with van der Waals surface area (Å²) in [6.45, 7) is 0.519. The first kappa shape index (κ1) is 15.4. The molecule has 0 radical (unpaired) electrons. The van der Waals surface area contributed by atoms with Gasteiger partial charge in [0, 0.05) is 17.8 Å². The van der Waals surface area contributed by atoms with Gasteiger partial charge in [-0.1, -0.05) is 36.8 Å². The highest BCUT2D eigenvalue weighted by Crippen LogP contribution is 2.27. The summed E-state index contributed by atoms with van der Waals surface area (Å²) in [5.74, 6) is -1.20. The number of aliphatic carboxylic acids is 1. The molecule has 3 unspecified atom stereocenters. The van der Waals surface area contributed by atoms with Gasteiger partial charge < -0.3 is 10.4 Å². The summed E-state index contributed by atoms with van der Waals surface area (Å²) in [6, 6.07) is 9.97. The van der Waals surface area contributed by atoms with Gasteiger partial charge in [-0.25, -0.2) is 0 Å². The van der Waals surface area contributed by atoms with Crippen molar-refractivity contribution in [2.75, 3.05) is 12.8 Å². The second kappa shape index (κ2) is 7.70. The molecular formula is C16H23NO2S. The molecule has 0 amide bonds. The molecule has 20 heavy (non-hydrogen) atoms. The van der Waals surface area contributed by atoms with Crippen LogP contribution in [0.5, 0.6) is 0 Å². The Kier molecular flexibility index (Phi) is 5.92. The van der Waals surface area contributed by atoms with Crippen molar-refractivity contribution < 1.29 is 9.90 Å². The number of carboxylic acids is 1. The van der Waals surface area contributed by atoms with E-state index in [0.717, 1.165) is 23.7 Å². The molecule has 3 nitrogen and oxygen atoms in total. The lowest BCUT2D eigenvalue weighted by Gasteiger charge is -2.29. The third-order valence-corrected chi connectivity index (χ3v) is 5.16. The molecule has 0 bridgehead atoms. The quantitative estimate of drug-likeness (QED) is 0.846. The van der Waals surface area contributed by atoms with Crippen molar-refractivity contribution in [3.8, 4) is 0 Å². The van der Waals surface area contributed by atoms with Crippen molar-refractivity contribution in [2.24, 2.45) is 0 Å². The van der Waals surface area contributed by atoms with Crippen LogP contribution in [-0.2, 0) is 4.79 Å². The molecule has 0 heterocycles. The van der Waals surface area contributed by atoms with Gasteiger partial charge in [-0.2, -0.15) is 11.8 Å². The monoisotopic (exact) mass is 293 g/mol. The molecule has 0 aromatic heterocycles. The number of hydrogen-bond donors (Lipinski definition) is 2. The van der Waals surface area contributed by atoms with Crippen molar-refractivity contribution in [3.05, 3.63) is 35.9 Å². The first-order valence-corrected chi connectivity index (χ1v) is 8.53. The molecular weight excluding hydrogens is 270 g/mol. The largest absolute Gasteiger partial charge is 0.481 e. The van der Waals surface area contributed by atoms with Crippen molar-refractivity contribution in [3.63, 3.8) is 0 Å². The van der Waals surface area contributed by atoms with Crippen LogP contribution in [0.3, 0.4) is 0 Å². The van der Waals surface area contributed by atoms with Crippen LogP contribution in [0.2, 0.25) is 0 Å². The van der Waals surface area contributed by atoms with Gasteiger partial charge in [-0.15, -0.1) is 0 Å². The fraction of sp³-hybridized carbons (Fsp3) is 0.562. The van der Waals surface area contributed by atoms with Gasteiger partial charge in [-0.3, -0.25) is 4.79 Å². The standard InChI is InChI=1S/C16H23NO2S/c1-20-14-9-5-8-13(10-14)17-11-15(16(18)19)12-6-3-2-4-7-12/h2-4,6-7,13-15,17H,5,8-11H2,1H3,(H,18,19). The molecule has 0 aliphatic heterocycles. The average molecular weight is 293 g/mol. The van der Waals surface area contributed by atoms with Crippen molar-refractivity contribution >= 4 is 17.7 Å². The van der Waals surface area contributed by atoms with E-state index in [0.29, 0.717) is 12.6 Å². The van der Waals surface area contributed by atoms with E-state index in [1.165, 1.54) is 12.8 Å². The second-order valence-corrected chi connectivity index (χ2v) is 6.57. The Morgan fingerprint density at radius 3 is 2.80 bits per heavy atom. The molecule has 1 aliphatic rings. The molecule has 2 N–H and O–H groups in total. The predicted molar refractivity (Wildman–Crippen MR) is 84.4 cm³/mol. The zero-order valence-electron chi connectivity index (χ0n) is 11.9. The van der Waals surface area contributed by atoms with Gasteiger partial charge in [0.25, 0.3) is 0 Å². The molecule has 0 spiro atoms. The lowest BCUT2D eigenvalue weighted by Crippen LogP contribution is -2.38. The fourth-order valence-corrected chi connectivity index (χ4v) is 3.69. The normalized spacial score (nSPS) is 24.2. The topological polar surface area (TPSA) is 49.3 Å². The highest BCUT2D eigenvalue weighted by Gasteiger charge is 2.24. The fourth-order valence-electron chi connectivity index (χ4n) is 2.86. The Labute approximate surface area is 125 Å². The van der Waals surface area contributed by atoms with E-state index >= 15 is 0 Å². The third kappa shape index (κ3) is 4.25. The number of carbonyl (C=O) groups is 1. The highest BCUT2D eigenvalue weighted by atomic mass is 32.2. The van der Waals surface area contributed by atoms with Gasteiger partial charge in [0.1, 0.15) is 0 Å². The predicted octanol–water partition coefficient (Wildman–Crippen LogP) is 3.12. The molecule has 2 rings (SSSR count). The Hall–Kier alpha value is -1.00. The number of nitrogens with one attached hydrogen (secondary N) is 1. The van der Waals surface area contributed by atoms with E-state index in [1.807, 2.05) is 42.1 Å². The molecule has 1 aromatic carbocycles. The van der Waals surface area contributed by atoms with Crippen LogP contribution in [0.1, 0.15) is 37.2 Å². The number of hydrogen-bond acceptors (Lipinski definition) is 3. The van der Waals surface area contributed by atoms with E-state index in [2.05, 4.69) is 11.6 Å². The number of rotatable bonds is 6. The van der Waals surface area contributed by atoms with E-state index in [9.17, 15) is 9.90 Å². The van der Waals surface area contributed by atoms with E-state index in [1.54, 1.807) is 0 Å². The van der Waals surface area contributed by atoms with E-state index in [4.69, 9.17) is 0 Å². The summed E-state index contributed by atoms with van der Waals surface area (Å²) in [5.41, 5.74) is 0.879. The van der Waals surface area contributed by atoms with E-state index in [-0.39, 0.29) is 0 Å². The lowest BCUT2D eigenvalue weighted by molar-refractivity contribution is -0.138. The minimum atomic E-state index is -0.749. The average Bonchev–Trinajstić information content (AvgIpc) is 2.48. The SMILES string of the molecule is CSC1CCCC(NCC(C(=O)O)c2ccccc2)C1. The number of carboxylic acid groups (broad SMARTS) is 1. The Morgan fingerprint density at radius 1 is 1.40 bits per heavy atom. The summed E-state index contributed by atoms with van der Waals surface area (Å²) in [6.07, 6.45) is 7.02. The maximum absolute atomic E-state index is 11.4. The highest BCUT2D eigenvalue weighted by molar-refractivity contribution is 7.99. The van der Waals surface area contributed by atoms with Crippen molar-refractivity contribution in [1.82, 2.24) is 5.32 Å². The molecule has 1 aromatic rings. The summed E-state index contributed by atoms with van der Waals surface area (Å²) in [4.78, 5) is 11.4. The minimum absolute atomic E-state index is 0.453. The first-order valence-electron chi connectivity index (χ1n) is 7.24. The summed E-state index contributed by atoms with van der Waals surface area (Å²) in [5, 5.41) is 13.6. The number of thioether (sulfide) groups is 1. The summed E-state index contributed by atoms with van der Waals surface area (Å²) in [7, 11) is 0. The molecule has 1 aliphatic carbocycles. The van der Waals surface area contributed by atoms with E-state index < -0.39 is 11.9 Å². The van der Waals surface area contributed by atoms with Gasteiger partial charge in [0.2, 0.25) is 0 Å². The summed E-state index contributed by atoms with van der Waals surface area (Å²) >= 11 is 1.93. The second-order valence-electron chi connectivity index (χ2n) is 5.43. The summed E-state index contributed by atoms with van der Waals surface area (Å²) < 4.78 is 0. The van der Waals surface area contributed by atoms with Crippen LogP contribution >= 0.6 is 11.8 Å². The Balaban J connectivity index is 1.91. The maximum Gasteiger partial charge on any atom is 0.312 e. The molecule has 110 valence electrons. The molecule has 0 saturated heterocycles. The minimum Gasteiger partial charge on any atom is -0.481 e.